The Balaban J connectivity index is 1.99. The molecule has 0 spiro atoms. The average Bonchev–Trinajstić information content (AvgIpc) is 2.77. The zero-order valence-electron chi connectivity index (χ0n) is 19.1. The van der Waals surface area contributed by atoms with E-state index in [1.165, 1.54) is 0 Å². The van der Waals surface area contributed by atoms with E-state index >= 15 is 0 Å². The van der Waals surface area contributed by atoms with Crippen LogP contribution in [0.3, 0.4) is 0 Å². The third-order valence-electron chi connectivity index (χ3n) is 5.77. The number of nitrogens with zero attached hydrogens (tertiary/aromatic N) is 1. The number of nitrogens with one attached hydrogen (secondary N) is 2. The summed E-state index contributed by atoms with van der Waals surface area (Å²) in [5.74, 6) is -1.17. The van der Waals surface area contributed by atoms with Gasteiger partial charge in [0.05, 0.1) is 0 Å². The monoisotopic (exact) mass is 437 g/mol. The molecule has 2 rings (SSSR count). The molecule has 0 aliphatic carbocycles. The maximum atomic E-state index is 13.0. The molecular formula is C23H39N3O5. The van der Waals surface area contributed by atoms with E-state index in [1.807, 2.05) is 6.92 Å². The van der Waals surface area contributed by atoms with Crippen LogP contribution in [0.5, 0.6) is 0 Å². The van der Waals surface area contributed by atoms with Crippen LogP contribution >= 0.6 is 0 Å². The van der Waals surface area contributed by atoms with Crippen LogP contribution in [0, 0.1) is 5.92 Å². The first-order valence-corrected chi connectivity index (χ1v) is 11.8. The lowest BCUT2D eigenvalue weighted by Gasteiger charge is -2.26. The van der Waals surface area contributed by atoms with E-state index < -0.39 is 18.2 Å². The van der Waals surface area contributed by atoms with Crippen LogP contribution in [0.4, 0.5) is 0 Å². The summed E-state index contributed by atoms with van der Waals surface area (Å²) in [5, 5.41) is 2.92. The molecular weight excluding hydrogens is 398 g/mol. The maximum Gasteiger partial charge on any atom is 0.244 e. The van der Waals surface area contributed by atoms with Gasteiger partial charge in [-0.15, -0.1) is 0 Å². The van der Waals surface area contributed by atoms with E-state index in [0.717, 1.165) is 51.4 Å². The molecule has 0 aromatic carbocycles. The second-order valence-electron chi connectivity index (χ2n) is 8.49. The first-order valence-electron chi connectivity index (χ1n) is 11.8. The minimum Gasteiger partial charge on any atom is -0.350 e. The van der Waals surface area contributed by atoms with Gasteiger partial charge < -0.3 is 15.0 Å². The number of hydrogen-bond acceptors (Lipinski definition) is 5. The van der Waals surface area contributed by atoms with Crippen LogP contribution in [0.25, 0.3) is 0 Å². The van der Waals surface area contributed by atoms with Crippen molar-refractivity contribution in [3.63, 3.8) is 0 Å². The molecule has 3 amide bonds. The van der Waals surface area contributed by atoms with E-state index in [2.05, 4.69) is 22.9 Å². The van der Waals surface area contributed by atoms with Gasteiger partial charge in [0.1, 0.15) is 6.04 Å². The van der Waals surface area contributed by atoms with Gasteiger partial charge in [-0.25, -0.2) is 10.3 Å². The summed E-state index contributed by atoms with van der Waals surface area (Å²) < 4.78 is 5.45. The fourth-order valence-electron chi connectivity index (χ4n) is 3.90. The van der Waals surface area contributed by atoms with Crippen molar-refractivity contribution < 1.29 is 24.0 Å². The van der Waals surface area contributed by atoms with E-state index in [-0.39, 0.29) is 24.1 Å². The maximum absolute atomic E-state index is 13.0. The second-order valence-corrected chi connectivity index (χ2v) is 8.49. The molecule has 0 radical (unpaired) electrons. The second kappa shape index (κ2) is 14.2. The van der Waals surface area contributed by atoms with Gasteiger partial charge in [0.2, 0.25) is 17.7 Å². The molecule has 8 heteroatoms. The van der Waals surface area contributed by atoms with Crippen molar-refractivity contribution in [1.29, 1.82) is 0 Å². The quantitative estimate of drug-likeness (QED) is 0.492. The Hall–Kier alpha value is -1.93. The van der Waals surface area contributed by atoms with Crippen molar-refractivity contribution in [3.05, 3.63) is 12.2 Å². The minimum absolute atomic E-state index is 0.0190. The van der Waals surface area contributed by atoms with Gasteiger partial charge in [0, 0.05) is 39.0 Å². The highest BCUT2D eigenvalue weighted by atomic mass is 16.8. The highest BCUT2D eigenvalue weighted by molar-refractivity contribution is 5.90. The molecule has 2 N–H and O–H groups in total. The summed E-state index contributed by atoms with van der Waals surface area (Å²) in [6.07, 6.45) is 12.0. The van der Waals surface area contributed by atoms with Crippen LogP contribution in [-0.2, 0) is 24.0 Å². The van der Waals surface area contributed by atoms with Crippen LogP contribution < -0.4 is 10.8 Å². The lowest BCUT2D eigenvalue weighted by atomic mass is 9.95. The molecule has 0 saturated carbocycles. The van der Waals surface area contributed by atoms with Crippen LogP contribution in [0.2, 0.25) is 0 Å². The molecule has 1 saturated heterocycles. The molecule has 3 atom stereocenters. The normalized spacial score (nSPS) is 26.8. The Morgan fingerprint density at radius 3 is 2.68 bits per heavy atom. The summed E-state index contributed by atoms with van der Waals surface area (Å²) in [6.45, 7) is 3.28. The highest BCUT2D eigenvalue weighted by Crippen LogP contribution is 2.17. The number of carbonyl (C=O) groups excluding carboxylic acids is 3. The minimum atomic E-state index is -0.557. The predicted octanol–water partition coefficient (Wildman–Crippen LogP) is 2.83. The Bertz CT molecular complexity index is 604. The largest absolute Gasteiger partial charge is 0.350 e. The highest BCUT2D eigenvalue weighted by Gasteiger charge is 2.28. The summed E-state index contributed by atoms with van der Waals surface area (Å²) in [6, 6.07) is -0.557. The fraction of sp³-hybridized carbons (Fsp3) is 0.783. The molecule has 176 valence electrons. The lowest BCUT2D eigenvalue weighted by Crippen LogP contribution is -2.49. The first kappa shape index (κ1) is 25.3. The van der Waals surface area contributed by atoms with E-state index in [4.69, 9.17) is 9.57 Å². The fourth-order valence-corrected chi connectivity index (χ4v) is 3.90. The van der Waals surface area contributed by atoms with Crippen molar-refractivity contribution >= 4 is 17.7 Å². The summed E-state index contributed by atoms with van der Waals surface area (Å²) >= 11 is 0. The van der Waals surface area contributed by atoms with E-state index in [0.29, 0.717) is 26.0 Å². The van der Waals surface area contributed by atoms with Crippen molar-refractivity contribution in [1.82, 2.24) is 15.7 Å². The molecule has 2 aliphatic rings. The van der Waals surface area contributed by atoms with Crippen molar-refractivity contribution in [2.45, 2.75) is 89.9 Å². The Kier molecular flexibility index (Phi) is 11.6. The number of hydroxylamine groups is 1. The van der Waals surface area contributed by atoms with Crippen LogP contribution in [0.1, 0.15) is 77.6 Å². The molecule has 0 aromatic rings. The van der Waals surface area contributed by atoms with Gasteiger partial charge in [-0.2, -0.15) is 0 Å². The number of carbonyl (C=O) groups is 3. The van der Waals surface area contributed by atoms with Crippen molar-refractivity contribution in [3.8, 4) is 0 Å². The SMILES string of the molecule is CCC[C@@H]1NC(=O)[C@@H](CC(=O)NOC2CCCCO2)CCCC=CCCCN(C)C1=O. The van der Waals surface area contributed by atoms with Gasteiger partial charge in [-0.1, -0.05) is 25.5 Å². The molecule has 8 nitrogen and oxygen atoms in total. The number of rotatable bonds is 6. The number of hydrogen-bond donors (Lipinski definition) is 2. The van der Waals surface area contributed by atoms with Gasteiger partial charge in [0.25, 0.3) is 0 Å². The molecule has 31 heavy (non-hydrogen) atoms. The molecule has 2 heterocycles. The standard InChI is InChI=1S/C23H39N3O5/c1-3-12-19-23(29)26(2)15-10-7-5-4-6-8-13-18(22(28)24-19)17-20(27)25-31-21-14-9-11-16-30-21/h4-5,18-19,21H,3,6-17H2,1-2H3,(H,24,28)(H,25,27)/t18-,19+,21?/m1/s1. The van der Waals surface area contributed by atoms with E-state index in [9.17, 15) is 14.4 Å². The van der Waals surface area contributed by atoms with Crippen molar-refractivity contribution in [2.75, 3.05) is 20.2 Å². The Morgan fingerprint density at radius 2 is 1.97 bits per heavy atom. The molecule has 1 unspecified atom stereocenters. The summed E-state index contributed by atoms with van der Waals surface area (Å²) in [7, 11) is 1.78. The third-order valence-corrected chi connectivity index (χ3v) is 5.77. The van der Waals surface area contributed by atoms with Gasteiger partial charge in [-0.3, -0.25) is 14.4 Å². The van der Waals surface area contributed by atoms with Crippen LogP contribution in [-0.4, -0.2) is 55.2 Å². The van der Waals surface area contributed by atoms with Crippen LogP contribution in [0.15, 0.2) is 12.2 Å². The van der Waals surface area contributed by atoms with Gasteiger partial charge in [-0.05, 0) is 51.4 Å². The van der Waals surface area contributed by atoms with Crippen molar-refractivity contribution in [2.24, 2.45) is 5.92 Å². The zero-order valence-corrected chi connectivity index (χ0v) is 19.1. The molecule has 0 bridgehead atoms. The molecule has 1 fully saturated rings. The third kappa shape index (κ3) is 9.39. The van der Waals surface area contributed by atoms with E-state index in [1.54, 1.807) is 11.9 Å². The number of amides is 3. The summed E-state index contributed by atoms with van der Waals surface area (Å²) in [5.41, 5.74) is 2.44. The van der Waals surface area contributed by atoms with Gasteiger partial charge in [0.15, 0.2) is 6.29 Å². The Morgan fingerprint density at radius 1 is 1.19 bits per heavy atom. The lowest BCUT2D eigenvalue weighted by molar-refractivity contribution is -0.200. The molecule has 0 aromatic heterocycles. The summed E-state index contributed by atoms with van der Waals surface area (Å²) in [4.78, 5) is 45.3. The van der Waals surface area contributed by atoms with Gasteiger partial charge >= 0.3 is 0 Å². The molecule has 2 aliphatic heterocycles. The predicted molar refractivity (Wildman–Crippen MR) is 118 cm³/mol. The Labute approximate surface area is 186 Å². The number of likely N-dealkylation sites (N-methyl/N-ethyl adjacent to an activating group) is 1. The first-order chi connectivity index (χ1) is 15.0. The smallest absolute Gasteiger partial charge is 0.244 e. The average molecular weight is 438 g/mol. The zero-order chi connectivity index (χ0) is 22.5. The topological polar surface area (TPSA) is 97.0 Å². The number of allylic oxidation sites excluding steroid dienone is 2. The number of ether oxygens (including phenoxy) is 1.